The van der Waals surface area contributed by atoms with E-state index in [-0.39, 0.29) is 13.2 Å². The summed E-state index contributed by atoms with van der Waals surface area (Å²) in [5.41, 5.74) is 6.59. The van der Waals surface area contributed by atoms with E-state index in [2.05, 4.69) is 0 Å². The van der Waals surface area contributed by atoms with Crippen LogP contribution in [0.5, 0.6) is 0 Å². The molecular weight excluding hydrogens is 166 g/mol. The fraction of sp³-hybridized carbons (Fsp3) is 0.400. The van der Waals surface area contributed by atoms with Crippen LogP contribution in [0.3, 0.4) is 0 Å². The van der Waals surface area contributed by atoms with Crippen molar-refractivity contribution >= 4 is 0 Å². The summed E-state index contributed by atoms with van der Waals surface area (Å²) in [6.07, 6.45) is 0. The van der Waals surface area contributed by atoms with Crippen molar-refractivity contribution in [2.24, 2.45) is 5.73 Å². The molecule has 0 atom stereocenters. The van der Waals surface area contributed by atoms with Crippen molar-refractivity contribution in [3.05, 3.63) is 35.4 Å². The van der Waals surface area contributed by atoms with Gasteiger partial charge in [0, 0.05) is 0 Å². The van der Waals surface area contributed by atoms with Crippen LogP contribution in [0, 0.1) is 6.92 Å². The predicted octanol–water partition coefficient (Wildman–Crippen LogP) is 0.134. The maximum Gasteiger partial charge on any atom is 0.0878 e. The summed E-state index contributed by atoms with van der Waals surface area (Å²) in [6, 6.07) is 7.47. The number of nitrogens with two attached hydrogens (primary N) is 1. The molecule has 0 amide bonds. The van der Waals surface area contributed by atoms with Gasteiger partial charge in [-0.2, -0.15) is 0 Å². The normalized spacial score (nSPS) is 11.7. The SMILES string of the molecule is Cc1cccc(C(N)(CO)CO)c1. The lowest BCUT2D eigenvalue weighted by atomic mass is 9.92. The first-order chi connectivity index (χ1) is 6.12. The summed E-state index contributed by atoms with van der Waals surface area (Å²) in [4.78, 5) is 0. The van der Waals surface area contributed by atoms with E-state index in [0.29, 0.717) is 0 Å². The van der Waals surface area contributed by atoms with Crippen molar-refractivity contribution in [3.8, 4) is 0 Å². The molecule has 0 aromatic heterocycles. The third kappa shape index (κ3) is 2.06. The van der Waals surface area contributed by atoms with Crippen molar-refractivity contribution in [3.63, 3.8) is 0 Å². The van der Waals surface area contributed by atoms with E-state index in [1.165, 1.54) is 0 Å². The second-order valence-electron chi connectivity index (χ2n) is 3.34. The zero-order valence-corrected chi connectivity index (χ0v) is 7.70. The molecule has 3 nitrogen and oxygen atoms in total. The second kappa shape index (κ2) is 3.87. The fourth-order valence-electron chi connectivity index (χ4n) is 1.19. The van der Waals surface area contributed by atoms with E-state index in [1.807, 2.05) is 25.1 Å². The smallest absolute Gasteiger partial charge is 0.0878 e. The molecule has 1 aromatic rings. The van der Waals surface area contributed by atoms with Crippen molar-refractivity contribution < 1.29 is 10.2 Å². The van der Waals surface area contributed by atoms with Crippen LogP contribution in [0.25, 0.3) is 0 Å². The van der Waals surface area contributed by atoms with Crippen LogP contribution < -0.4 is 5.73 Å². The Kier molecular flexibility index (Phi) is 3.03. The molecule has 1 rings (SSSR count). The molecule has 0 saturated carbocycles. The minimum absolute atomic E-state index is 0.257. The highest BCUT2D eigenvalue weighted by Gasteiger charge is 2.25. The summed E-state index contributed by atoms with van der Waals surface area (Å²) in [5, 5.41) is 18.1. The molecule has 1 aromatic carbocycles. The molecule has 0 fully saturated rings. The number of hydrogen-bond acceptors (Lipinski definition) is 3. The molecule has 13 heavy (non-hydrogen) atoms. The molecule has 0 saturated heterocycles. The number of aliphatic hydroxyl groups excluding tert-OH is 2. The number of hydrogen-bond donors (Lipinski definition) is 3. The molecule has 0 unspecified atom stereocenters. The Morgan fingerprint density at radius 3 is 2.38 bits per heavy atom. The topological polar surface area (TPSA) is 66.5 Å². The molecule has 0 aliphatic carbocycles. The second-order valence-corrected chi connectivity index (χ2v) is 3.34. The van der Waals surface area contributed by atoms with E-state index >= 15 is 0 Å². The Hall–Kier alpha value is -0.900. The Bertz CT molecular complexity index is 282. The van der Waals surface area contributed by atoms with Crippen LogP contribution in [0.15, 0.2) is 24.3 Å². The van der Waals surface area contributed by atoms with Gasteiger partial charge >= 0.3 is 0 Å². The molecular formula is C10H15NO2. The van der Waals surface area contributed by atoms with E-state index in [4.69, 9.17) is 15.9 Å². The highest BCUT2D eigenvalue weighted by Crippen LogP contribution is 2.17. The number of aryl methyl sites for hydroxylation is 1. The third-order valence-corrected chi connectivity index (χ3v) is 2.16. The molecule has 0 heterocycles. The van der Waals surface area contributed by atoms with Crippen LogP contribution >= 0.6 is 0 Å². The molecule has 0 bridgehead atoms. The van der Waals surface area contributed by atoms with Crippen LogP contribution in [-0.4, -0.2) is 23.4 Å². The van der Waals surface area contributed by atoms with Crippen molar-refractivity contribution in [2.75, 3.05) is 13.2 Å². The summed E-state index contributed by atoms with van der Waals surface area (Å²) in [5.74, 6) is 0. The first-order valence-electron chi connectivity index (χ1n) is 4.20. The lowest BCUT2D eigenvalue weighted by Gasteiger charge is -2.25. The van der Waals surface area contributed by atoms with E-state index in [0.717, 1.165) is 11.1 Å². The van der Waals surface area contributed by atoms with Gasteiger partial charge in [-0.3, -0.25) is 0 Å². The van der Waals surface area contributed by atoms with E-state index in [1.54, 1.807) is 6.07 Å². The molecule has 0 aliphatic heterocycles. The first kappa shape index (κ1) is 10.2. The molecule has 3 heteroatoms. The summed E-state index contributed by atoms with van der Waals surface area (Å²) in [6.45, 7) is 1.43. The van der Waals surface area contributed by atoms with Crippen LogP contribution in [-0.2, 0) is 5.54 Å². The van der Waals surface area contributed by atoms with E-state index in [9.17, 15) is 0 Å². The lowest BCUT2D eigenvalue weighted by molar-refractivity contribution is 0.121. The van der Waals surface area contributed by atoms with E-state index < -0.39 is 5.54 Å². The van der Waals surface area contributed by atoms with Gasteiger partial charge in [0.15, 0.2) is 0 Å². The lowest BCUT2D eigenvalue weighted by Crippen LogP contribution is -2.44. The quantitative estimate of drug-likeness (QED) is 0.621. The average molecular weight is 181 g/mol. The highest BCUT2D eigenvalue weighted by atomic mass is 16.3. The zero-order chi connectivity index (χ0) is 9.90. The van der Waals surface area contributed by atoms with Crippen LogP contribution in [0.4, 0.5) is 0 Å². The van der Waals surface area contributed by atoms with Gasteiger partial charge in [0.2, 0.25) is 0 Å². The molecule has 4 N–H and O–H groups in total. The van der Waals surface area contributed by atoms with Crippen LogP contribution in [0.1, 0.15) is 11.1 Å². The fourth-order valence-corrected chi connectivity index (χ4v) is 1.19. The van der Waals surface area contributed by atoms with Gasteiger partial charge in [-0.15, -0.1) is 0 Å². The molecule has 0 spiro atoms. The van der Waals surface area contributed by atoms with Crippen molar-refractivity contribution in [1.29, 1.82) is 0 Å². The summed E-state index contributed by atoms with van der Waals surface area (Å²) >= 11 is 0. The highest BCUT2D eigenvalue weighted by molar-refractivity contribution is 5.28. The molecule has 0 aliphatic rings. The van der Waals surface area contributed by atoms with Gasteiger partial charge in [-0.1, -0.05) is 29.8 Å². The first-order valence-corrected chi connectivity index (χ1v) is 4.20. The van der Waals surface area contributed by atoms with Crippen molar-refractivity contribution in [1.82, 2.24) is 0 Å². The van der Waals surface area contributed by atoms with Gasteiger partial charge in [0.1, 0.15) is 0 Å². The number of rotatable bonds is 3. The number of benzene rings is 1. The van der Waals surface area contributed by atoms with Gasteiger partial charge in [-0.05, 0) is 12.5 Å². The maximum absolute atomic E-state index is 9.04. The predicted molar refractivity (Wildman–Crippen MR) is 51.2 cm³/mol. The van der Waals surface area contributed by atoms with Gasteiger partial charge in [0.25, 0.3) is 0 Å². The molecule has 0 radical (unpaired) electrons. The Morgan fingerprint density at radius 1 is 1.31 bits per heavy atom. The molecule has 72 valence electrons. The number of aliphatic hydroxyl groups is 2. The third-order valence-electron chi connectivity index (χ3n) is 2.16. The Labute approximate surface area is 77.8 Å². The summed E-state index contributed by atoms with van der Waals surface area (Å²) in [7, 11) is 0. The van der Waals surface area contributed by atoms with Gasteiger partial charge in [0.05, 0.1) is 18.8 Å². The minimum Gasteiger partial charge on any atom is -0.394 e. The Balaban J connectivity index is 3.05. The van der Waals surface area contributed by atoms with Crippen LogP contribution in [0.2, 0.25) is 0 Å². The van der Waals surface area contributed by atoms with Gasteiger partial charge < -0.3 is 15.9 Å². The summed E-state index contributed by atoms with van der Waals surface area (Å²) < 4.78 is 0. The Morgan fingerprint density at radius 2 is 1.92 bits per heavy atom. The monoisotopic (exact) mass is 181 g/mol. The minimum atomic E-state index is -1.02. The standard InChI is InChI=1S/C10H15NO2/c1-8-3-2-4-9(5-8)10(11,6-12)7-13/h2-5,12-13H,6-7,11H2,1H3. The van der Waals surface area contributed by atoms with Crippen molar-refractivity contribution in [2.45, 2.75) is 12.5 Å². The average Bonchev–Trinajstić information content (AvgIpc) is 2.17. The maximum atomic E-state index is 9.04. The van der Waals surface area contributed by atoms with Gasteiger partial charge in [-0.25, -0.2) is 0 Å². The largest absolute Gasteiger partial charge is 0.394 e. The zero-order valence-electron chi connectivity index (χ0n) is 7.70.